The van der Waals surface area contributed by atoms with Crippen molar-refractivity contribution in [2.24, 2.45) is 12.9 Å². The maximum atomic E-state index is 5.49. The van der Waals surface area contributed by atoms with Gasteiger partial charge in [0.05, 0.1) is 12.2 Å². The van der Waals surface area contributed by atoms with Crippen molar-refractivity contribution in [3.05, 3.63) is 30.1 Å². The smallest absolute Gasteiger partial charge is 0.0538 e. The predicted molar refractivity (Wildman–Crippen MR) is 57.3 cm³/mol. The second-order valence-electron chi connectivity index (χ2n) is 3.47. The normalized spacial score (nSPS) is 12.8. The molecule has 0 fully saturated rings. The fourth-order valence-corrected chi connectivity index (χ4v) is 1.33. The molecule has 78 valence electrons. The number of aryl methyl sites for hydroxylation is 1. The van der Waals surface area contributed by atoms with Gasteiger partial charge >= 0.3 is 0 Å². The standard InChI is InChI=1S/C10H18N4/c1-4-8(2)5-10(13-11)9-6-12-14(3)7-9/h6-7,10,13H,2,4-5,11H2,1,3H3. The molecule has 0 aliphatic rings. The van der Waals surface area contributed by atoms with Crippen molar-refractivity contribution in [1.82, 2.24) is 15.2 Å². The molecule has 4 nitrogen and oxygen atoms in total. The van der Waals surface area contributed by atoms with Gasteiger partial charge in [0, 0.05) is 18.8 Å². The van der Waals surface area contributed by atoms with E-state index in [1.807, 2.05) is 19.4 Å². The first-order chi connectivity index (χ1) is 6.67. The molecule has 14 heavy (non-hydrogen) atoms. The van der Waals surface area contributed by atoms with Gasteiger partial charge in [0.1, 0.15) is 0 Å². The highest BCUT2D eigenvalue weighted by molar-refractivity contribution is 5.13. The fourth-order valence-electron chi connectivity index (χ4n) is 1.33. The van der Waals surface area contributed by atoms with Gasteiger partial charge in [0.25, 0.3) is 0 Å². The van der Waals surface area contributed by atoms with Crippen LogP contribution in [-0.4, -0.2) is 9.78 Å². The Morgan fingerprint density at radius 2 is 2.50 bits per heavy atom. The summed E-state index contributed by atoms with van der Waals surface area (Å²) in [5.41, 5.74) is 5.08. The van der Waals surface area contributed by atoms with E-state index in [1.165, 1.54) is 5.57 Å². The first-order valence-corrected chi connectivity index (χ1v) is 4.78. The van der Waals surface area contributed by atoms with Crippen LogP contribution < -0.4 is 11.3 Å². The molecule has 0 aliphatic carbocycles. The molecule has 3 N–H and O–H groups in total. The zero-order valence-corrected chi connectivity index (χ0v) is 8.83. The van der Waals surface area contributed by atoms with Crippen LogP contribution in [-0.2, 0) is 7.05 Å². The molecule has 0 aromatic carbocycles. The molecule has 0 spiro atoms. The second kappa shape index (κ2) is 4.93. The van der Waals surface area contributed by atoms with Gasteiger partial charge in [-0.3, -0.25) is 16.0 Å². The predicted octanol–water partition coefficient (Wildman–Crippen LogP) is 1.28. The molecule has 1 atom stereocenters. The highest BCUT2D eigenvalue weighted by Crippen LogP contribution is 2.20. The van der Waals surface area contributed by atoms with Gasteiger partial charge in [0.2, 0.25) is 0 Å². The summed E-state index contributed by atoms with van der Waals surface area (Å²) in [5, 5.41) is 4.11. The molecule has 0 aliphatic heterocycles. The molecule has 0 amide bonds. The number of hydrogen-bond acceptors (Lipinski definition) is 3. The fraction of sp³-hybridized carbons (Fsp3) is 0.500. The summed E-state index contributed by atoms with van der Waals surface area (Å²) >= 11 is 0. The van der Waals surface area contributed by atoms with Crippen LogP contribution in [0.1, 0.15) is 31.4 Å². The average molecular weight is 194 g/mol. The number of hydrogen-bond donors (Lipinski definition) is 2. The van der Waals surface area contributed by atoms with E-state index in [-0.39, 0.29) is 6.04 Å². The Labute approximate surface area is 84.8 Å². The quantitative estimate of drug-likeness (QED) is 0.422. The second-order valence-corrected chi connectivity index (χ2v) is 3.47. The Kier molecular flexibility index (Phi) is 3.85. The van der Waals surface area contributed by atoms with Gasteiger partial charge in [-0.2, -0.15) is 5.10 Å². The summed E-state index contributed by atoms with van der Waals surface area (Å²) in [7, 11) is 1.89. The zero-order valence-electron chi connectivity index (χ0n) is 8.83. The van der Waals surface area contributed by atoms with E-state index < -0.39 is 0 Å². The highest BCUT2D eigenvalue weighted by Gasteiger charge is 2.11. The zero-order chi connectivity index (χ0) is 10.6. The van der Waals surface area contributed by atoms with Gasteiger partial charge < -0.3 is 0 Å². The maximum Gasteiger partial charge on any atom is 0.0538 e. The van der Waals surface area contributed by atoms with Gasteiger partial charge in [-0.25, -0.2) is 0 Å². The molecule has 4 heteroatoms. The first-order valence-electron chi connectivity index (χ1n) is 4.78. The van der Waals surface area contributed by atoms with E-state index in [0.29, 0.717) is 0 Å². The Balaban J connectivity index is 2.67. The SMILES string of the molecule is C=C(CC)CC(NN)c1cnn(C)c1. The Bertz CT molecular complexity index is 303. The van der Waals surface area contributed by atoms with Gasteiger partial charge in [-0.15, -0.1) is 0 Å². The van der Waals surface area contributed by atoms with Gasteiger partial charge in [-0.05, 0) is 12.8 Å². The summed E-state index contributed by atoms with van der Waals surface area (Å²) in [6.45, 7) is 6.07. The topological polar surface area (TPSA) is 55.9 Å². The lowest BCUT2D eigenvalue weighted by Gasteiger charge is -2.14. The van der Waals surface area contributed by atoms with Crippen LogP contribution in [0.3, 0.4) is 0 Å². The van der Waals surface area contributed by atoms with Gasteiger partial charge in [0.15, 0.2) is 0 Å². The van der Waals surface area contributed by atoms with E-state index >= 15 is 0 Å². The van der Waals surface area contributed by atoms with E-state index in [1.54, 1.807) is 4.68 Å². The minimum atomic E-state index is 0.121. The third kappa shape index (κ3) is 2.68. The summed E-state index contributed by atoms with van der Waals surface area (Å²) in [5.74, 6) is 5.49. The van der Waals surface area contributed by atoms with Crippen LogP contribution in [0.2, 0.25) is 0 Å². The van der Waals surface area contributed by atoms with Crippen LogP contribution in [0.25, 0.3) is 0 Å². The molecule has 0 saturated heterocycles. The Hall–Kier alpha value is -1.13. The van der Waals surface area contributed by atoms with Crippen molar-refractivity contribution in [3.8, 4) is 0 Å². The van der Waals surface area contributed by atoms with Crippen molar-refractivity contribution < 1.29 is 0 Å². The van der Waals surface area contributed by atoms with Crippen molar-refractivity contribution in [2.45, 2.75) is 25.8 Å². The summed E-state index contributed by atoms with van der Waals surface area (Å²) in [6.07, 6.45) is 5.64. The molecule has 0 radical (unpaired) electrons. The first kappa shape index (κ1) is 10.9. The molecule has 1 aromatic heterocycles. The van der Waals surface area contributed by atoms with E-state index in [4.69, 9.17) is 5.84 Å². The Morgan fingerprint density at radius 3 is 2.93 bits per heavy atom. The minimum absolute atomic E-state index is 0.121. The maximum absolute atomic E-state index is 5.49. The number of hydrazine groups is 1. The summed E-state index contributed by atoms with van der Waals surface area (Å²) in [6, 6.07) is 0.121. The summed E-state index contributed by atoms with van der Waals surface area (Å²) < 4.78 is 1.77. The molecule has 0 saturated carbocycles. The van der Waals surface area contributed by atoms with E-state index in [2.05, 4.69) is 24.0 Å². The monoisotopic (exact) mass is 194 g/mol. The molecule has 1 heterocycles. The van der Waals surface area contributed by atoms with E-state index in [9.17, 15) is 0 Å². The molecule has 1 unspecified atom stereocenters. The van der Waals surface area contributed by atoms with Crippen LogP contribution in [0, 0.1) is 0 Å². The largest absolute Gasteiger partial charge is 0.275 e. The molecule has 1 aromatic rings. The van der Waals surface area contributed by atoms with Crippen molar-refractivity contribution in [2.75, 3.05) is 0 Å². The van der Waals surface area contributed by atoms with Crippen molar-refractivity contribution in [1.29, 1.82) is 0 Å². The van der Waals surface area contributed by atoms with Crippen molar-refractivity contribution in [3.63, 3.8) is 0 Å². The lowest BCUT2D eigenvalue weighted by molar-refractivity contribution is 0.544. The average Bonchev–Trinajstić information content (AvgIpc) is 2.60. The van der Waals surface area contributed by atoms with Crippen molar-refractivity contribution >= 4 is 0 Å². The molecular formula is C10H18N4. The summed E-state index contributed by atoms with van der Waals surface area (Å²) in [4.78, 5) is 0. The molecule has 1 rings (SSSR count). The molecule has 0 bridgehead atoms. The van der Waals surface area contributed by atoms with Crippen LogP contribution in [0.15, 0.2) is 24.5 Å². The number of rotatable bonds is 5. The van der Waals surface area contributed by atoms with E-state index in [0.717, 1.165) is 18.4 Å². The number of nitrogens with one attached hydrogen (secondary N) is 1. The lowest BCUT2D eigenvalue weighted by Crippen LogP contribution is -2.28. The minimum Gasteiger partial charge on any atom is -0.275 e. The van der Waals surface area contributed by atoms with Gasteiger partial charge in [-0.1, -0.05) is 19.1 Å². The lowest BCUT2D eigenvalue weighted by atomic mass is 10.0. The number of nitrogens with zero attached hydrogens (tertiary/aromatic N) is 2. The third-order valence-corrected chi connectivity index (χ3v) is 2.32. The highest BCUT2D eigenvalue weighted by atomic mass is 15.3. The molecular weight excluding hydrogens is 176 g/mol. The Morgan fingerprint density at radius 1 is 1.79 bits per heavy atom. The van der Waals surface area contributed by atoms with Crippen LogP contribution in [0.5, 0.6) is 0 Å². The van der Waals surface area contributed by atoms with Crippen LogP contribution in [0.4, 0.5) is 0 Å². The number of aromatic nitrogens is 2. The van der Waals surface area contributed by atoms with Crippen LogP contribution >= 0.6 is 0 Å². The number of nitrogens with two attached hydrogens (primary N) is 1. The third-order valence-electron chi connectivity index (χ3n) is 2.32.